The SMILES string of the molecule is COC(=O)c1ccc(/C=C/c2ccccc2OCc2ccccc2)c(F)c1. The van der Waals surface area contributed by atoms with Gasteiger partial charge in [-0.1, -0.05) is 66.7 Å². The van der Waals surface area contributed by atoms with E-state index in [4.69, 9.17) is 4.74 Å². The molecule has 3 aromatic carbocycles. The van der Waals surface area contributed by atoms with E-state index >= 15 is 0 Å². The van der Waals surface area contributed by atoms with E-state index in [0.29, 0.717) is 17.9 Å². The summed E-state index contributed by atoms with van der Waals surface area (Å²) >= 11 is 0. The summed E-state index contributed by atoms with van der Waals surface area (Å²) in [6.07, 6.45) is 3.44. The lowest BCUT2D eigenvalue weighted by Gasteiger charge is -2.09. The maximum absolute atomic E-state index is 14.2. The zero-order valence-corrected chi connectivity index (χ0v) is 14.9. The van der Waals surface area contributed by atoms with E-state index in [1.807, 2.05) is 54.6 Å². The summed E-state index contributed by atoms with van der Waals surface area (Å²) in [4.78, 5) is 11.5. The standard InChI is InChI=1S/C23H19FO3/c1-26-23(25)20-14-12-18(21(24)15-20)11-13-19-9-5-6-10-22(19)27-16-17-7-3-2-4-8-17/h2-15H,16H2,1H3/b13-11+. The first-order valence-electron chi connectivity index (χ1n) is 8.49. The van der Waals surface area contributed by atoms with E-state index in [-0.39, 0.29) is 5.56 Å². The molecular formula is C23H19FO3. The van der Waals surface area contributed by atoms with E-state index in [1.54, 1.807) is 18.2 Å². The van der Waals surface area contributed by atoms with Crippen molar-refractivity contribution < 1.29 is 18.7 Å². The number of hydrogen-bond acceptors (Lipinski definition) is 3. The molecule has 0 amide bonds. The summed E-state index contributed by atoms with van der Waals surface area (Å²) < 4.78 is 24.7. The Labute approximate surface area is 157 Å². The van der Waals surface area contributed by atoms with Crippen LogP contribution in [0.25, 0.3) is 12.2 Å². The lowest BCUT2D eigenvalue weighted by molar-refractivity contribution is 0.0600. The van der Waals surface area contributed by atoms with Gasteiger partial charge in [0.15, 0.2) is 0 Å². The molecule has 0 aliphatic carbocycles. The van der Waals surface area contributed by atoms with E-state index < -0.39 is 11.8 Å². The molecule has 0 aliphatic heterocycles. The fraction of sp³-hybridized carbons (Fsp3) is 0.0870. The first-order chi connectivity index (χ1) is 13.2. The number of esters is 1. The smallest absolute Gasteiger partial charge is 0.337 e. The Kier molecular flexibility index (Phi) is 6.00. The van der Waals surface area contributed by atoms with Gasteiger partial charge in [0.25, 0.3) is 0 Å². The van der Waals surface area contributed by atoms with Gasteiger partial charge < -0.3 is 9.47 Å². The lowest BCUT2D eigenvalue weighted by atomic mass is 10.1. The first kappa shape index (κ1) is 18.4. The Morgan fingerprint density at radius 3 is 2.37 bits per heavy atom. The molecule has 3 rings (SSSR count). The maximum Gasteiger partial charge on any atom is 0.337 e. The number of carbonyl (C=O) groups is 1. The molecule has 0 saturated carbocycles. The van der Waals surface area contributed by atoms with Gasteiger partial charge in [0, 0.05) is 11.1 Å². The van der Waals surface area contributed by atoms with E-state index in [0.717, 1.165) is 11.1 Å². The molecule has 0 N–H and O–H groups in total. The summed E-state index contributed by atoms with van der Waals surface area (Å²) in [7, 11) is 1.26. The third kappa shape index (κ3) is 4.82. The Balaban J connectivity index is 1.76. The van der Waals surface area contributed by atoms with Crippen molar-refractivity contribution in [2.24, 2.45) is 0 Å². The monoisotopic (exact) mass is 362 g/mol. The highest BCUT2D eigenvalue weighted by Crippen LogP contribution is 2.23. The topological polar surface area (TPSA) is 35.5 Å². The average molecular weight is 362 g/mol. The van der Waals surface area contributed by atoms with Crippen LogP contribution in [0.15, 0.2) is 72.8 Å². The number of para-hydroxylation sites is 1. The third-order valence-corrected chi connectivity index (χ3v) is 4.02. The average Bonchev–Trinajstić information content (AvgIpc) is 2.72. The number of methoxy groups -OCH3 is 1. The fourth-order valence-electron chi connectivity index (χ4n) is 2.57. The molecule has 0 heterocycles. The van der Waals surface area contributed by atoms with Crippen LogP contribution in [-0.4, -0.2) is 13.1 Å². The van der Waals surface area contributed by atoms with Crippen molar-refractivity contribution in [3.63, 3.8) is 0 Å². The number of benzene rings is 3. The molecule has 0 aromatic heterocycles. The van der Waals surface area contributed by atoms with Crippen molar-refractivity contribution in [3.05, 3.63) is 101 Å². The van der Waals surface area contributed by atoms with Crippen molar-refractivity contribution >= 4 is 18.1 Å². The van der Waals surface area contributed by atoms with Crippen LogP contribution in [0.3, 0.4) is 0 Å². The van der Waals surface area contributed by atoms with Gasteiger partial charge >= 0.3 is 5.97 Å². The van der Waals surface area contributed by atoms with Crippen LogP contribution < -0.4 is 4.74 Å². The second kappa shape index (κ2) is 8.81. The van der Waals surface area contributed by atoms with Crippen LogP contribution in [0, 0.1) is 5.82 Å². The van der Waals surface area contributed by atoms with E-state index in [2.05, 4.69) is 4.74 Å². The molecule has 0 radical (unpaired) electrons. The summed E-state index contributed by atoms with van der Waals surface area (Å²) in [5.74, 6) is -0.342. The zero-order chi connectivity index (χ0) is 19.1. The minimum atomic E-state index is -0.566. The van der Waals surface area contributed by atoms with Crippen LogP contribution in [0.2, 0.25) is 0 Å². The molecule has 0 atom stereocenters. The molecule has 0 bridgehead atoms. The maximum atomic E-state index is 14.2. The van der Waals surface area contributed by atoms with Gasteiger partial charge in [-0.3, -0.25) is 0 Å². The second-order valence-corrected chi connectivity index (χ2v) is 5.87. The quantitative estimate of drug-likeness (QED) is 0.437. The lowest BCUT2D eigenvalue weighted by Crippen LogP contribution is -2.01. The summed E-state index contributed by atoms with van der Waals surface area (Å²) in [6.45, 7) is 0.452. The Morgan fingerprint density at radius 2 is 1.63 bits per heavy atom. The number of halogens is 1. The first-order valence-corrected chi connectivity index (χ1v) is 8.49. The van der Waals surface area contributed by atoms with Crippen molar-refractivity contribution in [2.45, 2.75) is 6.61 Å². The van der Waals surface area contributed by atoms with Crippen molar-refractivity contribution in [1.29, 1.82) is 0 Å². The fourth-order valence-corrected chi connectivity index (χ4v) is 2.57. The highest BCUT2D eigenvalue weighted by atomic mass is 19.1. The molecule has 0 unspecified atom stereocenters. The van der Waals surface area contributed by atoms with Crippen LogP contribution in [-0.2, 0) is 11.3 Å². The number of ether oxygens (including phenoxy) is 2. The van der Waals surface area contributed by atoms with Gasteiger partial charge in [-0.15, -0.1) is 0 Å². The highest BCUT2D eigenvalue weighted by molar-refractivity contribution is 5.89. The molecule has 0 spiro atoms. The Bertz CT molecular complexity index is 949. The van der Waals surface area contributed by atoms with Crippen LogP contribution in [0.5, 0.6) is 5.75 Å². The minimum absolute atomic E-state index is 0.179. The molecule has 3 aromatic rings. The van der Waals surface area contributed by atoms with Crippen molar-refractivity contribution in [3.8, 4) is 5.75 Å². The van der Waals surface area contributed by atoms with E-state index in [9.17, 15) is 9.18 Å². The zero-order valence-electron chi connectivity index (χ0n) is 14.9. The molecule has 0 aliphatic rings. The van der Waals surface area contributed by atoms with Gasteiger partial charge in [0.05, 0.1) is 12.7 Å². The van der Waals surface area contributed by atoms with Gasteiger partial charge in [0.2, 0.25) is 0 Å². The van der Waals surface area contributed by atoms with Crippen molar-refractivity contribution in [2.75, 3.05) is 7.11 Å². The largest absolute Gasteiger partial charge is 0.488 e. The molecule has 136 valence electrons. The number of hydrogen-bond donors (Lipinski definition) is 0. The predicted octanol–water partition coefficient (Wildman–Crippen LogP) is 5.36. The van der Waals surface area contributed by atoms with Crippen LogP contribution in [0.1, 0.15) is 27.0 Å². The third-order valence-electron chi connectivity index (χ3n) is 4.02. The minimum Gasteiger partial charge on any atom is -0.488 e. The number of rotatable bonds is 6. The normalized spacial score (nSPS) is 10.7. The molecule has 0 saturated heterocycles. The Morgan fingerprint density at radius 1 is 0.926 bits per heavy atom. The van der Waals surface area contributed by atoms with Gasteiger partial charge in [-0.25, -0.2) is 9.18 Å². The molecule has 4 heteroatoms. The molecular weight excluding hydrogens is 343 g/mol. The van der Waals surface area contributed by atoms with E-state index in [1.165, 1.54) is 19.2 Å². The number of carbonyl (C=O) groups excluding carboxylic acids is 1. The van der Waals surface area contributed by atoms with Crippen molar-refractivity contribution in [1.82, 2.24) is 0 Å². The highest BCUT2D eigenvalue weighted by Gasteiger charge is 2.08. The second-order valence-electron chi connectivity index (χ2n) is 5.87. The van der Waals surface area contributed by atoms with Gasteiger partial charge in [-0.2, -0.15) is 0 Å². The summed E-state index contributed by atoms with van der Waals surface area (Å²) in [6, 6.07) is 21.7. The molecule has 3 nitrogen and oxygen atoms in total. The van der Waals surface area contributed by atoms with Gasteiger partial charge in [-0.05, 0) is 23.8 Å². The predicted molar refractivity (Wildman–Crippen MR) is 104 cm³/mol. The summed E-state index contributed by atoms with van der Waals surface area (Å²) in [5, 5.41) is 0. The van der Waals surface area contributed by atoms with Crippen LogP contribution >= 0.6 is 0 Å². The van der Waals surface area contributed by atoms with Crippen LogP contribution in [0.4, 0.5) is 4.39 Å². The van der Waals surface area contributed by atoms with Gasteiger partial charge in [0.1, 0.15) is 18.2 Å². The Hall–Kier alpha value is -3.40. The summed E-state index contributed by atoms with van der Waals surface area (Å²) in [5.41, 5.74) is 2.46. The molecule has 27 heavy (non-hydrogen) atoms. The molecule has 0 fully saturated rings.